The van der Waals surface area contributed by atoms with Crippen LogP contribution in [0, 0.1) is 5.92 Å². The molecule has 2 rings (SSSR count). The first-order chi connectivity index (χ1) is 7.53. The van der Waals surface area contributed by atoms with Crippen LogP contribution in [0.25, 0.3) is 0 Å². The van der Waals surface area contributed by atoms with E-state index in [0.717, 1.165) is 5.92 Å². The van der Waals surface area contributed by atoms with Crippen LogP contribution in [0.3, 0.4) is 0 Å². The van der Waals surface area contributed by atoms with E-state index in [1.165, 1.54) is 38.8 Å². The third kappa shape index (κ3) is 2.28. The van der Waals surface area contributed by atoms with Crippen molar-refractivity contribution >= 4 is 0 Å². The fraction of sp³-hybridized carbons (Fsp3) is 1.00. The maximum atomic E-state index is 3.70. The van der Waals surface area contributed by atoms with Crippen molar-refractivity contribution in [2.45, 2.75) is 71.0 Å². The van der Waals surface area contributed by atoms with Gasteiger partial charge in [0, 0.05) is 30.7 Å². The summed E-state index contributed by atoms with van der Waals surface area (Å²) >= 11 is 0. The lowest BCUT2D eigenvalue weighted by Gasteiger charge is -2.49. The molecule has 1 N–H and O–H groups in total. The van der Waals surface area contributed by atoms with E-state index in [2.05, 4.69) is 37.9 Å². The second-order valence-electron chi connectivity index (χ2n) is 6.46. The molecule has 2 aliphatic rings. The Morgan fingerprint density at radius 2 is 1.88 bits per heavy atom. The highest BCUT2D eigenvalue weighted by molar-refractivity contribution is 4.98. The van der Waals surface area contributed by atoms with Gasteiger partial charge in [-0.3, -0.25) is 4.90 Å². The van der Waals surface area contributed by atoms with Crippen molar-refractivity contribution in [2.24, 2.45) is 5.92 Å². The van der Waals surface area contributed by atoms with Gasteiger partial charge in [-0.15, -0.1) is 0 Å². The van der Waals surface area contributed by atoms with E-state index in [4.69, 9.17) is 0 Å². The third-order valence-electron chi connectivity index (χ3n) is 4.78. The van der Waals surface area contributed by atoms with Crippen molar-refractivity contribution in [1.82, 2.24) is 10.2 Å². The molecule has 1 saturated heterocycles. The summed E-state index contributed by atoms with van der Waals surface area (Å²) in [6.45, 7) is 12.0. The van der Waals surface area contributed by atoms with Gasteiger partial charge in [0.25, 0.3) is 0 Å². The quantitative estimate of drug-likeness (QED) is 0.776. The van der Waals surface area contributed by atoms with Gasteiger partial charge in [-0.05, 0) is 32.6 Å². The molecule has 0 radical (unpaired) electrons. The van der Waals surface area contributed by atoms with Gasteiger partial charge >= 0.3 is 0 Å². The van der Waals surface area contributed by atoms with E-state index in [0.29, 0.717) is 17.6 Å². The minimum absolute atomic E-state index is 0.495. The van der Waals surface area contributed by atoms with Gasteiger partial charge in [-0.2, -0.15) is 0 Å². The normalized spacial score (nSPS) is 35.8. The second-order valence-corrected chi connectivity index (χ2v) is 6.46. The zero-order valence-electron chi connectivity index (χ0n) is 11.4. The summed E-state index contributed by atoms with van der Waals surface area (Å²) < 4.78 is 0. The summed E-state index contributed by atoms with van der Waals surface area (Å²) in [6, 6.07) is 1.40. The highest BCUT2D eigenvalue weighted by atomic mass is 15.3. The van der Waals surface area contributed by atoms with Crippen LogP contribution in [0.1, 0.15) is 53.4 Å². The Kier molecular flexibility index (Phi) is 3.60. The summed E-state index contributed by atoms with van der Waals surface area (Å²) in [7, 11) is 0. The summed E-state index contributed by atoms with van der Waals surface area (Å²) in [5, 5.41) is 3.70. The molecule has 2 fully saturated rings. The molecule has 2 heteroatoms. The molecule has 1 aliphatic heterocycles. The SMILES string of the molecule is CC(C)C1CN(C2(C)CCCC2)C(C)CN1. The van der Waals surface area contributed by atoms with Gasteiger partial charge in [-0.1, -0.05) is 26.7 Å². The Morgan fingerprint density at radius 3 is 2.44 bits per heavy atom. The standard InChI is InChI=1S/C14H28N2/c1-11(2)13-10-16(12(3)9-15-13)14(4)7-5-6-8-14/h11-13,15H,5-10H2,1-4H3. The molecule has 1 saturated carbocycles. The summed E-state index contributed by atoms with van der Waals surface area (Å²) in [5.41, 5.74) is 0.495. The second kappa shape index (κ2) is 4.66. The number of hydrogen-bond donors (Lipinski definition) is 1. The van der Waals surface area contributed by atoms with Gasteiger partial charge in [-0.25, -0.2) is 0 Å². The van der Waals surface area contributed by atoms with Crippen LogP contribution in [-0.2, 0) is 0 Å². The van der Waals surface area contributed by atoms with E-state index < -0.39 is 0 Å². The average molecular weight is 224 g/mol. The van der Waals surface area contributed by atoms with Crippen molar-refractivity contribution < 1.29 is 0 Å². The molecule has 0 amide bonds. The van der Waals surface area contributed by atoms with E-state index >= 15 is 0 Å². The van der Waals surface area contributed by atoms with Crippen LogP contribution in [0.4, 0.5) is 0 Å². The predicted molar refractivity (Wildman–Crippen MR) is 69.7 cm³/mol. The van der Waals surface area contributed by atoms with Crippen molar-refractivity contribution in [3.63, 3.8) is 0 Å². The molecule has 0 aromatic carbocycles. The van der Waals surface area contributed by atoms with E-state index in [-0.39, 0.29) is 0 Å². The molecule has 16 heavy (non-hydrogen) atoms. The van der Waals surface area contributed by atoms with E-state index in [1.54, 1.807) is 0 Å². The monoisotopic (exact) mass is 224 g/mol. The maximum absolute atomic E-state index is 3.70. The molecule has 2 nitrogen and oxygen atoms in total. The van der Waals surface area contributed by atoms with Gasteiger partial charge in [0.1, 0.15) is 0 Å². The lowest BCUT2D eigenvalue weighted by Crippen LogP contribution is -2.63. The molecule has 0 aromatic heterocycles. The molecule has 2 atom stereocenters. The highest BCUT2D eigenvalue weighted by Crippen LogP contribution is 2.37. The molecule has 0 spiro atoms. The van der Waals surface area contributed by atoms with Crippen molar-refractivity contribution in [2.75, 3.05) is 13.1 Å². The number of rotatable bonds is 2. The van der Waals surface area contributed by atoms with Crippen LogP contribution in [-0.4, -0.2) is 35.6 Å². The third-order valence-corrected chi connectivity index (χ3v) is 4.78. The maximum Gasteiger partial charge on any atom is 0.0218 e. The Labute approximate surface area is 101 Å². The largest absolute Gasteiger partial charge is 0.311 e. The molecular weight excluding hydrogens is 196 g/mol. The molecular formula is C14H28N2. The van der Waals surface area contributed by atoms with Crippen LogP contribution in [0.2, 0.25) is 0 Å². The van der Waals surface area contributed by atoms with E-state index in [1.807, 2.05) is 0 Å². The molecule has 1 aliphatic carbocycles. The number of nitrogens with one attached hydrogen (secondary N) is 1. The number of piperazine rings is 1. The van der Waals surface area contributed by atoms with Gasteiger partial charge < -0.3 is 5.32 Å². The minimum atomic E-state index is 0.495. The minimum Gasteiger partial charge on any atom is -0.311 e. The van der Waals surface area contributed by atoms with Gasteiger partial charge in [0.2, 0.25) is 0 Å². The summed E-state index contributed by atoms with van der Waals surface area (Å²) in [6.07, 6.45) is 5.67. The van der Waals surface area contributed by atoms with Crippen LogP contribution in [0.15, 0.2) is 0 Å². The van der Waals surface area contributed by atoms with Crippen LogP contribution < -0.4 is 5.32 Å². The first-order valence-electron chi connectivity index (χ1n) is 7.03. The molecule has 0 aromatic rings. The molecule has 2 unspecified atom stereocenters. The van der Waals surface area contributed by atoms with Crippen molar-refractivity contribution in [3.8, 4) is 0 Å². The zero-order chi connectivity index (χ0) is 11.8. The smallest absolute Gasteiger partial charge is 0.0218 e. The fourth-order valence-corrected chi connectivity index (χ4v) is 3.51. The fourth-order valence-electron chi connectivity index (χ4n) is 3.51. The van der Waals surface area contributed by atoms with E-state index in [9.17, 15) is 0 Å². The first kappa shape index (κ1) is 12.4. The lowest BCUT2D eigenvalue weighted by atomic mass is 9.91. The Morgan fingerprint density at radius 1 is 1.25 bits per heavy atom. The van der Waals surface area contributed by atoms with Crippen molar-refractivity contribution in [1.29, 1.82) is 0 Å². The Hall–Kier alpha value is -0.0800. The van der Waals surface area contributed by atoms with Crippen LogP contribution >= 0.6 is 0 Å². The topological polar surface area (TPSA) is 15.3 Å². The summed E-state index contributed by atoms with van der Waals surface area (Å²) in [5.74, 6) is 0.750. The van der Waals surface area contributed by atoms with Gasteiger partial charge in [0.15, 0.2) is 0 Å². The van der Waals surface area contributed by atoms with Gasteiger partial charge in [0.05, 0.1) is 0 Å². The van der Waals surface area contributed by atoms with Crippen LogP contribution in [0.5, 0.6) is 0 Å². The number of nitrogens with zero attached hydrogens (tertiary/aromatic N) is 1. The zero-order valence-corrected chi connectivity index (χ0v) is 11.4. The molecule has 1 heterocycles. The molecule has 0 bridgehead atoms. The van der Waals surface area contributed by atoms with Crippen molar-refractivity contribution in [3.05, 3.63) is 0 Å². The Balaban J connectivity index is 2.06. The first-order valence-corrected chi connectivity index (χ1v) is 7.03. The highest BCUT2D eigenvalue weighted by Gasteiger charge is 2.40. The molecule has 94 valence electrons. The lowest BCUT2D eigenvalue weighted by molar-refractivity contribution is 0.0227. The predicted octanol–water partition coefficient (Wildman–Crippen LogP) is 2.64. The number of hydrogen-bond acceptors (Lipinski definition) is 2. The summed E-state index contributed by atoms with van der Waals surface area (Å²) in [4.78, 5) is 2.79. The Bertz CT molecular complexity index is 231. The average Bonchev–Trinajstić information content (AvgIpc) is 2.66.